The number of carbonyl (C=O) groups is 1. The highest BCUT2D eigenvalue weighted by Gasteiger charge is 2.39. The van der Waals surface area contributed by atoms with Gasteiger partial charge in [0.15, 0.2) is 0 Å². The molecule has 0 unspecified atom stereocenters. The van der Waals surface area contributed by atoms with Gasteiger partial charge >= 0.3 is 0 Å². The van der Waals surface area contributed by atoms with Crippen molar-refractivity contribution < 1.29 is 14.6 Å². The second kappa shape index (κ2) is 15.6. The average molecular weight is 783 g/mol. The number of rotatable bonds is 10. The van der Waals surface area contributed by atoms with E-state index in [2.05, 4.69) is 62.5 Å². The van der Waals surface area contributed by atoms with E-state index in [1.54, 1.807) is 13.2 Å². The van der Waals surface area contributed by atoms with Gasteiger partial charge in [-0.1, -0.05) is 118 Å². The Morgan fingerprint density at radius 2 is 1.45 bits per heavy atom. The zero-order chi connectivity index (χ0) is 39.1. The Balaban J connectivity index is 0.967. The van der Waals surface area contributed by atoms with Crippen molar-refractivity contribution >= 4 is 45.6 Å². The van der Waals surface area contributed by atoms with Crippen LogP contribution in [-0.4, -0.2) is 18.1 Å². The number of anilines is 1. The molecule has 2 aliphatic carbocycles. The van der Waals surface area contributed by atoms with Crippen LogP contribution in [0.1, 0.15) is 105 Å². The van der Waals surface area contributed by atoms with E-state index < -0.39 is 5.41 Å². The van der Waals surface area contributed by atoms with E-state index in [0.717, 1.165) is 61.6 Å². The van der Waals surface area contributed by atoms with E-state index in [-0.39, 0.29) is 11.7 Å². The van der Waals surface area contributed by atoms with Crippen molar-refractivity contribution in [1.29, 1.82) is 0 Å². The third-order valence-corrected chi connectivity index (χ3v) is 13.0. The quantitative estimate of drug-likeness (QED) is 0.136. The van der Waals surface area contributed by atoms with Gasteiger partial charge in [0.25, 0.3) is 5.91 Å². The molecule has 286 valence electrons. The van der Waals surface area contributed by atoms with Gasteiger partial charge in [0.05, 0.1) is 12.1 Å². The Kier molecular flexibility index (Phi) is 10.6. The second-order valence-electron chi connectivity index (χ2n) is 16.3. The minimum Gasteiger partial charge on any atom is -0.507 e. The maximum absolute atomic E-state index is 13.4. The highest BCUT2D eigenvalue weighted by molar-refractivity contribution is 6.39. The Bertz CT molecular complexity index is 2410. The highest BCUT2D eigenvalue weighted by Crippen LogP contribution is 2.56. The first-order valence-electron chi connectivity index (χ1n) is 20.1. The van der Waals surface area contributed by atoms with Gasteiger partial charge in [-0.15, -0.1) is 0 Å². The van der Waals surface area contributed by atoms with Gasteiger partial charge in [0, 0.05) is 32.6 Å². The lowest BCUT2D eigenvalue weighted by Crippen LogP contribution is -2.15. The highest BCUT2D eigenvalue weighted by atomic mass is 35.5. The summed E-state index contributed by atoms with van der Waals surface area (Å²) < 4.78 is 5.95. The van der Waals surface area contributed by atoms with Gasteiger partial charge in [-0.25, -0.2) is 0 Å². The summed E-state index contributed by atoms with van der Waals surface area (Å²) in [5.41, 5.74) is 10.6. The Morgan fingerprint density at radius 3 is 2.11 bits per heavy atom. The molecule has 1 fully saturated rings. The predicted molar refractivity (Wildman–Crippen MR) is 234 cm³/mol. The lowest BCUT2D eigenvalue weighted by atomic mass is 9.77. The number of halogens is 2. The van der Waals surface area contributed by atoms with Gasteiger partial charge in [-0.2, -0.15) is 0 Å². The third kappa shape index (κ3) is 7.19. The normalized spacial score (nSPS) is 17.0. The standard InChI is InChI=1S/C50H49Cl2NO3/c1-5-6-7-8-30-9-11-31(12-10-30)32-13-15-33(16-14-32)34-17-19-36(20-18-34)49(55)53-38-23-21-35(22-24-38)39-27-40-42(29-46(39)56-4)50(2,3)43-28-45(54)48-41(47(40)43)25-37(51)26-44(48)52/h13-31,54H,5-12H2,1-4H3,(H,53,55)/t30-,31-. The molecule has 0 atom stereocenters. The summed E-state index contributed by atoms with van der Waals surface area (Å²) in [7, 11) is 1.68. The largest absolute Gasteiger partial charge is 0.507 e. The molecule has 56 heavy (non-hydrogen) atoms. The van der Waals surface area contributed by atoms with Crippen molar-refractivity contribution in [2.75, 3.05) is 12.4 Å². The number of phenolic OH excluding ortho intramolecular Hbond substituents is 1. The van der Waals surface area contributed by atoms with Crippen molar-refractivity contribution in [2.45, 2.75) is 83.5 Å². The lowest BCUT2D eigenvalue weighted by molar-refractivity contribution is 0.102. The number of carbonyl (C=O) groups excluding carboxylic acids is 1. The van der Waals surface area contributed by atoms with Crippen LogP contribution in [0, 0.1) is 5.92 Å². The molecular weight excluding hydrogens is 733 g/mol. The van der Waals surface area contributed by atoms with Gasteiger partial charge < -0.3 is 15.2 Å². The molecule has 1 saturated carbocycles. The van der Waals surface area contributed by atoms with Crippen LogP contribution >= 0.6 is 23.2 Å². The van der Waals surface area contributed by atoms with Crippen molar-refractivity contribution in [3.05, 3.63) is 135 Å². The summed E-state index contributed by atoms with van der Waals surface area (Å²) in [6.07, 6.45) is 10.8. The summed E-state index contributed by atoms with van der Waals surface area (Å²) in [6.45, 7) is 6.59. The van der Waals surface area contributed by atoms with Gasteiger partial charge in [0.2, 0.25) is 0 Å². The van der Waals surface area contributed by atoms with E-state index in [4.69, 9.17) is 27.9 Å². The number of unbranched alkanes of at least 4 members (excludes halogenated alkanes) is 2. The van der Waals surface area contributed by atoms with Crippen molar-refractivity contribution in [3.8, 4) is 44.9 Å². The van der Waals surface area contributed by atoms with Crippen LogP contribution in [0.4, 0.5) is 5.69 Å². The first kappa shape index (κ1) is 38.1. The van der Waals surface area contributed by atoms with E-state index in [1.165, 1.54) is 56.9 Å². The van der Waals surface area contributed by atoms with Crippen LogP contribution in [-0.2, 0) is 5.41 Å². The first-order valence-corrected chi connectivity index (χ1v) is 20.8. The van der Waals surface area contributed by atoms with E-state index in [0.29, 0.717) is 32.6 Å². The molecule has 2 N–H and O–H groups in total. The second-order valence-corrected chi connectivity index (χ2v) is 17.1. The Labute approximate surface area is 340 Å². The summed E-state index contributed by atoms with van der Waals surface area (Å²) >= 11 is 13.1. The maximum atomic E-state index is 13.4. The number of fused-ring (bicyclic) bond motifs is 5. The molecule has 6 aromatic carbocycles. The van der Waals surface area contributed by atoms with Crippen LogP contribution in [0.2, 0.25) is 10.0 Å². The summed E-state index contributed by atoms with van der Waals surface area (Å²) in [5, 5.41) is 16.4. The Morgan fingerprint density at radius 1 is 0.786 bits per heavy atom. The van der Waals surface area contributed by atoms with Crippen LogP contribution in [0.3, 0.4) is 0 Å². The maximum Gasteiger partial charge on any atom is 0.255 e. The molecule has 6 heteroatoms. The fourth-order valence-electron chi connectivity index (χ4n) is 9.25. The number of benzene rings is 6. The molecule has 8 rings (SSSR count). The number of hydrogen-bond acceptors (Lipinski definition) is 3. The molecule has 6 aromatic rings. The number of methoxy groups -OCH3 is 1. The summed E-state index contributed by atoms with van der Waals surface area (Å²) in [6, 6.07) is 34.3. The van der Waals surface area contributed by atoms with Crippen molar-refractivity contribution in [3.63, 3.8) is 0 Å². The molecule has 0 spiro atoms. The van der Waals surface area contributed by atoms with E-state index in [9.17, 15) is 9.90 Å². The van der Waals surface area contributed by atoms with Crippen LogP contribution in [0.5, 0.6) is 11.5 Å². The smallest absolute Gasteiger partial charge is 0.255 e. The van der Waals surface area contributed by atoms with E-state index in [1.807, 2.05) is 60.7 Å². The zero-order valence-electron chi connectivity index (χ0n) is 32.6. The summed E-state index contributed by atoms with van der Waals surface area (Å²) in [5.74, 6) is 2.30. The molecule has 0 aromatic heterocycles. The molecule has 0 aliphatic heterocycles. The molecule has 0 bridgehead atoms. The molecule has 4 nitrogen and oxygen atoms in total. The SMILES string of the molecule is CCCCC[C@H]1CC[C@H](c2ccc(-c3ccc(C(=O)Nc4ccc(-c5cc6c(cc5OC)C(C)(C)c5cc(O)c7c(Cl)cc(Cl)cc7c5-6)cc4)cc3)cc2)CC1. The topological polar surface area (TPSA) is 58.6 Å². The Hall–Kier alpha value is -4.77. The molecule has 0 heterocycles. The van der Waals surface area contributed by atoms with Crippen molar-refractivity contribution in [2.24, 2.45) is 5.92 Å². The van der Waals surface area contributed by atoms with E-state index >= 15 is 0 Å². The fraction of sp³-hybridized carbons (Fsp3) is 0.300. The molecule has 2 aliphatic rings. The molecular formula is C50H49Cl2NO3. The van der Waals surface area contributed by atoms with Crippen molar-refractivity contribution in [1.82, 2.24) is 0 Å². The van der Waals surface area contributed by atoms with Gasteiger partial charge in [-0.3, -0.25) is 4.79 Å². The predicted octanol–water partition coefficient (Wildman–Crippen LogP) is 14.6. The number of hydrogen-bond donors (Lipinski definition) is 2. The zero-order valence-corrected chi connectivity index (χ0v) is 34.2. The minimum atomic E-state index is -0.403. The number of aromatic hydroxyl groups is 1. The van der Waals surface area contributed by atoms with Crippen LogP contribution in [0.15, 0.2) is 103 Å². The number of amides is 1. The molecule has 1 amide bonds. The van der Waals surface area contributed by atoms with Crippen LogP contribution < -0.4 is 10.1 Å². The monoisotopic (exact) mass is 781 g/mol. The third-order valence-electron chi connectivity index (χ3n) is 12.5. The molecule has 0 saturated heterocycles. The number of phenols is 1. The lowest BCUT2D eigenvalue weighted by Gasteiger charge is -2.29. The number of ether oxygens (including phenoxy) is 1. The van der Waals surface area contributed by atoms with Crippen LogP contribution in [0.25, 0.3) is 44.2 Å². The summed E-state index contributed by atoms with van der Waals surface area (Å²) in [4.78, 5) is 13.4. The number of nitrogens with one attached hydrogen (secondary N) is 1. The molecule has 0 radical (unpaired) electrons. The average Bonchev–Trinajstić information content (AvgIpc) is 3.42. The minimum absolute atomic E-state index is 0.132. The van der Waals surface area contributed by atoms with Gasteiger partial charge in [-0.05, 0) is 142 Å². The first-order chi connectivity index (χ1) is 27.0. The fourth-order valence-corrected chi connectivity index (χ4v) is 9.84. The van der Waals surface area contributed by atoms with Gasteiger partial charge in [0.1, 0.15) is 11.5 Å².